The topological polar surface area (TPSA) is 47.6 Å². The molecule has 1 N–H and O–H groups in total. The monoisotopic (exact) mass is 331 g/mol. The molecule has 0 radical (unpaired) electrons. The Labute approximate surface area is 144 Å². The zero-order chi connectivity index (χ0) is 16.9. The van der Waals surface area contributed by atoms with Crippen LogP contribution in [0.4, 0.5) is 0 Å². The summed E-state index contributed by atoms with van der Waals surface area (Å²) in [5.41, 5.74) is 1.27. The maximum absolute atomic E-state index is 12.7. The summed E-state index contributed by atoms with van der Waals surface area (Å²) in [6.07, 6.45) is 4.96. The van der Waals surface area contributed by atoms with E-state index in [1.165, 1.54) is 5.56 Å². The molecule has 3 rings (SSSR count). The second-order valence-electron chi connectivity index (χ2n) is 7.08. The van der Waals surface area contributed by atoms with E-state index in [1.54, 1.807) is 7.11 Å². The van der Waals surface area contributed by atoms with Gasteiger partial charge in [-0.15, -0.1) is 0 Å². The van der Waals surface area contributed by atoms with Crippen molar-refractivity contribution < 1.29 is 14.3 Å². The van der Waals surface area contributed by atoms with Crippen LogP contribution in [0.5, 0.6) is 5.75 Å². The van der Waals surface area contributed by atoms with Crippen LogP contribution in [0, 0.1) is 11.8 Å². The number of carbonyl (C=O) groups excluding carboxylic acids is 1. The zero-order valence-corrected chi connectivity index (χ0v) is 14.8. The van der Waals surface area contributed by atoms with Gasteiger partial charge in [0.2, 0.25) is 5.91 Å². The second-order valence-corrected chi connectivity index (χ2v) is 7.08. The van der Waals surface area contributed by atoms with Gasteiger partial charge in [-0.25, -0.2) is 0 Å². The molecule has 132 valence electrons. The third-order valence-electron chi connectivity index (χ3n) is 5.67. The number of methoxy groups -OCH3 is 1. The molecule has 1 saturated carbocycles. The lowest BCUT2D eigenvalue weighted by Crippen LogP contribution is -2.47. The predicted molar refractivity (Wildman–Crippen MR) is 94.2 cm³/mol. The maximum atomic E-state index is 12.7. The minimum atomic E-state index is 0.138. The Kier molecular flexibility index (Phi) is 5.77. The van der Waals surface area contributed by atoms with Crippen LogP contribution in [0.25, 0.3) is 0 Å². The molecule has 4 nitrogen and oxygen atoms in total. The molecule has 0 bridgehead atoms. The quantitative estimate of drug-likeness (QED) is 0.868. The van der Waals surface area contributed by atoms with Crippen LogP contribution < -0.4 is 10.1 Å². The van der Waals surface area contributed by atoms with Crippen molar-refractivity contribution in [2.24, 2.45) is 11.8 Å². The van der Waals surface area contributed by atoms with E-state index in [2.05, 4.69) is 24.4 Å². The first-order valence-electron chi connectivity index (χ1n) is 9.24. The number of rotatable bonds is 6. The highest BCUT2D eigenvalue weighted by Gasteiger charge is 2.35. The third-order valence-corrected chi connectivity index (χ3v) is 5.67. The fourth-order valence-corrected chi connectivity index (χ4v) is 4.15. The minimum Gasteiger partial charge on any atom is -0.496 e. The van der Waals surface area contributed by atoms with Crippen molar-refractivity contribution >= 4 is 5.91 Å². The summed E-state index contributed by atoms with van der Waals surface area (Å²) in [5, 5.41) is 3.28. The van der Waals surface area contributed by atoms with E-state index in [0.29, 0.717) is 17.9 Å². The Morgan fingerprint density at radius 3 is 2.67 bits per heavy atom. The van der Waals surface area contributed by atoms with E-state index in [9.17, 15) is 4.79 Å². The van der Waals surface area contributed by atoms with Crippen molar-refractivity contribution in [1.82, 2.24) is 5.32 Å². The molecule has 1 saturated heterocycles. The average molecular weight is 331 g/mol. The summed E-state index contributed by atoms with van der Waals surface area (Å²) in [6.45, 7) is 3.72. The Morgan fingerprint density at radius 2 is 2.00 bits per heavy atom. The molecule has 1 amide bonds. The number of benzene rings is 1. The zero-order valence-electron chi connectivity index (χ0n) is 14.8. The summed E-state index contributed by atoms with van der Waals surface area (Å²) in [6, 6.07) is 8.52. The van der Waals surface area contributed by atoms with E-state index in [1.807, 2.05) is 12.1 Å². The second kappa shape index (κ2) is 8.02. The summed E-state index contributed by atoms with van der Waals surface area (Å²) < 4.78 is 10.9. The van der Waals surface area contributed by atoms with Gasteiger partial charge in [0, 0.05) is 25.2 Å². The van der Waals surface area contributed by atoms with Gasteiger partial charge in [0.15, 0.2) is 0 Å². The van der Waals surface area contributed by atoms with Crippen molar-refractivity contribution in [1.29, 1.82) is 0 Å². The number of ether oxygens (including phenoxy) is 2. The lowest BCUT2D eigenvalue weighted by molar-refractivity contribution is -0.129. The fraction of sp³-hybridized carbons (Fsp3) is 0.650. The first kappa shape index (κ1) is 17.3. The molecule has 1 aliphatic heterocycles. The van der Waals surface area contributed by atoms with Crippen molar-refractivity contribution in [2.45, 2.75) is 51.0 Å². The molecule has 1 aromatic rings. The highest BCUT2D eigenvalue weighted by Crippen LogP contribution is 2.41. The number of hydrogen-bond donors (Lipinski definition) is 1. The molecule has 4 heteroatoms. The van der Waals surface area contributed by atoms with Gasteiger partial charge in [-0.2, -0.15) is 0 Å². The SMILES string of the molecule is CCC(C(=O)NC1CC(c2ccccc2OC)C1)C1CCOCC1. The first-order valence-corrected chi connectivity index (χ1v) is 9.24. The van der Waals surface area contributed by atoms with Gasteiger partial charge in [-0.05, 0) is 55.6 Å². The lowest BCUT2D eigenvalue weighted by Gasteiger charge is -2.38. The van der Waals surface area contributed by atoms with E-state index >= 15 is 0 Å². The molecular formula is C20H29NO3. The van der Waals surface area contributed by atoms with Crippen LogP contribution in [0.2, 0.25) is 0 Å². The molecule has 2 aliphatic rings. The van der Waals surface area contributed by atoms with Crippen molar-refractivity contribution in [3.8, 4) is 5.75 Å². The highest BCUT2D eigenvalue weighted by molar-refractivity contribution is 5.79. The van der Waals surface area contributed by atoms with Crippen molar-refractivity contribution in [3.05, 3.63) is 29.8 Å². The van der Waals surface area contributed by atoms with Gasteiger partial charge in [-0.1, -0.05) is 25.1 Å². The smallest absolute Gasteiger partial charge is 0.223 e. The lowest BCUT2D eigenvalue weighted by atomic mass is 9.75. The normalized spacial score (nSPS) is 25.6. The van der Waals surface area contributed by atoms with E-state index in [-0.39, 0.29) is 11.8 Å². The molecule has 1 atom stereocenters. The number of hydrogen-bond acceptors (Lipinski definition) is 3. The fourth-order valence-electron chi connectivity index (χ4n) is 4.15. The summed E-state index contributed by atoms with van der Waals surface area (Å²) in [4.78, 5) is 12.7. The van der Waals surface area contributed by atoms with Gasteiger partial charge in [0.25, 0.3) is 0 Å². The number of para-hydroxylation sites is 1. The number of carbonyl (C=O) groups is 1. The molecule has 1 aromatic carbocycles. The standard InChI is InChI=1S/C20H29NO3/c1-3-17(14-8-10-24-11-9-14)20(22)21-16-12-15(13-16)18-6-4-5-7-19(18)23-2/h4-7,14-17H,3,8-13H2,1-2H3,(H,21,22). The van der Waals surface area contributed by atoms with Crippen molar-refractivity contribution in [2.75, 3.05) is 20.3 Å². The maximum Gasteiger partial charge on any atom is 0.223 e. The first-order chi connectivity index (χ1) is 11.7. The van der Waals surface area contributed by atoms with Gasteiger partial charge in [0.05, 0.1) is 7.11 Å². The Morgan fingerprint density at radius 1 is 1.29 bits per heavy atom. The predicted octanol–water partition coefficient (Wildman–Crippen LogP) is 3.51. The Bertz CT molecular complexity index is 548. The van der Waals surface area contributed by atoms with Gasteiger partial charge in [-0.3, -0.25) is 4.79 Å². The van der Waals surface area contributed by atoms with Crippen molar-refractivity contribution in [3.63, 3.8) is 0 Å². The Balaban J connectivity index is 1.51. The highest BCUT2D eigenvalue weighted by atomic mass is 16.5. The van der Waals surface area contributed by atoms with E-state index in [4.69, 9.17) is 9.47 Å². The molecule has 24 heavy (non-hydrogen) atoms. The summed E-state index contributed by atoms with van der Waals surface area (Å²) >= 11 is 0. The summed E-state index contributed by atoms with van der Waals surface area (Å²) in [5.74, 6) is 2.32. The van der Waals surface area contributed by atoms with Crippen LogP contribution in [0.15, 0.2) is 24.3 Å². The molecular weight excluding hydrogens is 302 g/mol. The van der Waals surface area contributed by atoms with Crippen LogP contribution in [-0.2, 0) is 9.53 Å². The van der Waals surface area contributed by atoms with E-state index < -0.39 is 0 Å². The average Bonchev–Trinajstić information content (AvgIpc) is 2.59. The molecule has 0 spiro atoms. The molecule has 1 aliphatic carbocycles. The number of nitrogens with one attached hydrogen (secondary N) is 1. The van der Waals surface area contributed by atoms with E-state index in [0.717, 1.165) is 51.1 Å². The summed E-state index contributed by atoms with van der Waals surface area (Å²) in [7, 11) is 1.72. The molecule has 1 heterocycles. The van der Waals surface area contributed by atoms with Crippen LogP contribution in [0.3, 0.4) is 0 Å². The molecule has 0 aromatic heterocycles. The molecule has 2 fully saturated rings. The third kappa shape index (κ3) is 3.75. The molecule has 1 unspecified atom stereocenters. The van der Waals surface area contributed by atoms with Gasteiger partial charge < -0.3 is 14.8 Å². The minimum absolute atomic E-state index is 0.138. The van der Waals surface area contributed by atoms with Crippen LogP contribution in [-0.4, -0.2) is 32.3 Å². The number of amides is 1. The van der Waals surface area contributed by atoms with Gasteiger partial charge in [0.1, 0.15) is 5.75 Å². The largest absolute Gasteiger partial charge is 0.496 e. The van der Waals surface area contributed by atoms with Crippen LogP contribution >= 0.6 is 0 Å². The van der Waals surface area contributed by atoms with Gasteiger partial charge >= 0.3 is 0 Å². The van der Waals surface area contributed by atoms with Crippen LogP contribution in [0.1, 0.15) is 50.5 Å². The Hall–Kier alpha value is -1.55.